The summed E-state index contributed by atoms with van der Waals surface area (Å²) in [5.41, 5.74) is 2.19. The minimum absolute atomic E-state index is 0.0458. The zero-order chi connectivity index (χ0) is 20.1. The number of hydrogen-bond acceptors (Lipinski definition) is 4. The van der Waals surface area contributed by atoms with Crippen molar-refractivity contribution in [3.05, 3.63) is 65.5 Å². The van der Waals surface area contributed by atoms with Gasteiger partial charge in [0.25, 0.3) is 5.91 Å². The molecule has 0 atom stereocenters. The summed E-state index contributed by atoms with van der Waals surface area (Å²) >= 11 is 0. The number of hydrogen-bond donors (Lipinski definition) is 1. The number of nitrogens with one attached hydrogen (secondary N) is 1. The average molecular weight is 382 g/mol. The molecule has 1 heterocycles. The minimum Gasteiger partial charge on any atom is -0.494 e. The van der Waals surface area contributed by atoms with Crippen LogP contribution in [0.2, 0.25) is 0 Å². The number of carbonyl (C=O) groups is 1. The van der Waals surface area contributed by atoms with Crippen LogP contribution >= 0.6 is 0 Å². The second kappa shape index (κ2) is 8.65. The molecule has 3 aromatic rings. The quantitative estimate of drug-likeness (QED) is 0.613. The van der Waals surface area contributed by atoms with Gasteiger partial charge in [-0.2, -0.15) is 0 Å². The SMILES string of the molecule is CCCCOc1ccc(NC(=O)c2nc(C)n(-c3ccc(F)cc3)n2)c(C)c1. The molecule has 0 radical (unpaired) electrons. The van der Waals surface area contributed by atoms with Crippen LogP contribution in [-0.4, -0.2) is 27.3 Å². The van der Waals surface area contributed by atoms with Crippen molar-refractivity contribution < 1.29 is 13.9 Å². The topological polar surface area (TPSA) is 69.0 Å². The largest absolute Gasteiger partial charge is 0.494 e. The molecule has 1 amide bonds. The van der Waals surface area contributed by atoms with Gasteiger partial charge in [0.1, 0.15) is 17.4 Å². The van der Waals surface area contributed by atoms with Gasteiger partial charge >= 0.3 is 0 Å². The molecule has 0 saturated carbocycles. The number of amides is 1. The van der Waals surface area contributed by atoms with Crippen molar-refractivity contribution in [3.8, 4) is 11.4 Å². The molecule has 0 aliphatic rings. The highest BCUT2D eigenvalue weighted by molar-refractivity contribution is 6.02. The fraction of sp³-hybridized carbons (Fsp3) is 0.286. The van der Waals surface area contributed by atoms with Crippen LogP contribution in [0.25, 0.3) is 5.69 Å². The Hall–Kier alpha value is -3.22. The molecule has 2 aromatic carbocycles. The van der Waals surface area contributed by atoms with Gasteiger partial charge < -0.3 is 10.1 Å². The third kappa shape index (κ3) is 4.54. The van der Waals surface area contributed by atoms with Crippen molar-refractivity contribution in [3.63, 3.8) is 0 Å². The predicted octanol–water partition coefficient (Wildman–Crippen LogP) is 4.45. The first-order chi connectivity index (χ1) is 13.5. The number of rotatable bonds is 7. The fourth-order valence-corrected chi connectivity index (χ4v) is 2.69. The van der Waals surface area contributed by atoms with Crippen LogP contribution in [0.5, 0.6) is 5.75 Å². The zero-order valence-corrected chi connectivity index (χ0v) is 16.2. The summed E-state index contributed by atoms with van der Waals surface area (Å²) in [6.07, 6.45) is 2.07. The lowest BCUT2D eigenvalue weighted by Gasteiger charge is -2.10. The first-order valence-electron chi connectivity index (χ1n) is 9.22. The molecule has 146 valence electrons. The van der Waals surface area contributed by atoms with E-state index < -0.39 is 5.91 Å². The molecule has 3 rings (SSSR count). The van der Waals surface area contributed by atoms with Crippen LogP contribution < -0.4 is 10.1 Å². The second-order valence-corrected chi connectivity index (χ2v) is 6.50. The van der Waals surface area contributed by atoms with Crippen LogP contribution in [0.3, 0.4) is 0 Å². The maximum atomic E-state index is 13.1. The van der Waals surface area contributed by atoms with E-state index in [4.69, 9.17) is 4.74 Å². The lowest BCUT2D eigenvalue weighted by molar-refractivity contribution is 0.101. The normalized spacial score (nSPS) is 10.7. The Morgan fingerprint density at radius 2 is 1.93 bits per heavy atom. The van der Waals surface area contributed by atoms with E-state index in [1.54, 1.807) is 25.1 Å². The van der Waals surface area contributed by atoms with Gasteiger partial charge in [-0.25, -0.2) is 14.1 Å². The summed E-state index contributed by atoms with van der Waals surface area (Å²) in [4.78, 5) is 16.8. The number of unbranched alkanes of at least 4 members (excludes halogenated alkanes) is 1. The molecule has 7 heteroatoms. The van der Waals surface area contributed by atoms with Crippen molar-refractivity contribution >= 4 is 11.6 Å². The Balaban J connectivity index is 1.73. The van der Waals surface area contributed by atoms with Crippen molar-refractivity contribution in [2.45, 2.75) is 33.6 Å². The third-order valence-corrected chi connectivity index (χ3v) is 4.26. The van der Waals surface area contributed by atoms with E-state index in [1.165, 1.54) is 16.8 Å². The van der Waals surface area contributed by atoms with Gasteiger partial charge in [0.2, 0.25) is 5.82 Å². The summed E-state index contributed by atoms with van der Waals surface area (Å²) in [6, 6.07) is 11.4. The van der Waals surface area contributed by atoms with Gasteiger partial charge in [0, 0.05) is 5.69 Å². The number of aryl methyl sites for hydroxylation is 2. The Labute approximate surface area is 163 Å². The van der Waals surface area contributed by atoms with E-state index in [9.17, 15) is 9.18 Å². The fourth-order valence-electron chi connectivity index (χ4n) is 2.69. The number of ether oxygens (including phenoxy) is 1. The van der Waals surface area contributed by atoms with Crippen LogP contribution in [0.4, 0.5) is 10.1 Å². The van der Waals surface area contributed by atoms with Gasteiger partial charge in [-0.05, 0) is 68.3 Å². The molecular formula is C21H23FN4O2. The van der Waals surface area contributed by atoms with Crippen LogP contribution in [-0.2, 0) is 0 Å². The molecule has 0 saturated heterocycles. The summed E-state index contributed by atoms with van der Waals surface area (Å²) in [6.45, 7) is 6.42. The predicted molar refractivity (Wildman–Crippen MR) is 106 cm³/mol. The van der Waals surface area contributed by atoms with Gasteiger partial charge in [-0.1, -0.05) is 13.3 Å². The van der Waals surface area contributed by atoms with E-state index in [2.05, 4.69) is 22.3 Å². The molecule has 0 unspecified atom stereocenters. The molecule has 6 nitrogen and oxygen atoms in total. The Morgan fingerprint density at radius 1 is 1.18 bits per heavy atom. The number of anilines is 1. The molecule has 1 N–H and O–H groups in total. The number of benzene rings is 2. The highest BCUT2D eigenvalue weighted by atomic mass is 19.1. The highest BCUT2D eigenvalue weighted by Crippen LogP contribution is 2.22. The van der Waals surface area contributed by atoms with Gasteiger partial charge in [0.15, 0.2) is 0 Å². The summed E-state index contributed by atoms with van der Waals surface area (Å²) in [5, 5.41) is 7.08. The molecule has 0 fully saturated rings. The van der Waals surface area contributed by atoms with E-state index >= 15 is 0 Å². The zero-order valence-electron chi connectivity index (χ0n) is 16.2. The van der Waals surface area contributed by atoms with Crippen LogP contribution in [0.15, 0.2) is 42.5 Å². The molecule has 28 heavy (non-hydrogen) atoms. The Morgan fingerprint density at radius 3 is 2.61 bits per heavy atom. The molecule has 0 aliphatic carbocycles. The maximum Gasteiger partial charge on any atom is 0.295 e. The Bertz CT molecular complexity index is 967. The van der Waals surface area contributed by atoms with E-state index in [0.29, 0.717) is 23.8 Å². The number of carbonyl (C=O) groups excluding carboxylic acids is 1. The Kier molecular flexibility index (Phi) is 6.03. The van der Waals surface area contributed by atoms with Gasteiger partial charge in [-0.3, -0.25) is 4.79 Å². The second-order valence-electron chi connectivity index (χ2n) is 6.50. The highest BCUT2D eigenvalue weighted by Gasteiger charge is 2.16. The smallest absolute Gasteiger partial charge is 0.295 e. The van der Waals surface area contributed by atoms with E-state index in [0.717, 1.165) is 24.2 Å². The number of aromatic nitrogens is 3. The first kappa shape index (κ1) is 19.5. The van der Waals surface area contributed by atoms with Crippen LogP contribution in [0.1, 0.15) is 41.8 Å². The molecule has 0 bridgehead atoms. The third-order valence-electron chi connectivity index (χ3n) is 4.26. The minimum atomic E-state index is -0.410. The summed E-state index contributed by atoms with van der Waals surface area (Å²) < 4.78 is 20.3. The van der Waals surface area contributed by atoms with Gasteiger partial charge in [0.05, 0.1) is 12.3 Å². The van der Waals surface area contributed by atoms with Crippen molar-refractivity contribution in [1.29, 1.82) is 0 Å². The van der Waals surface area contributed by atoms with Crippen molar-refractivity contribution in [2.75, 3.05) is 11.9 Å². The van der Waals surface area contributed by atoms with E-state index in [1.807, 2.05) is 19.1 Å². The lowest BCUT2D eigenvalue weighted by Crippen LogP contribution is -2.15. The average Bonchev–Trinajstić information content (AvgIpc) is 3.06. The molecule has 1 aromatic heterocycles. The van der Waals surface area contributed by atoms with Crippen molar-refractivity contribution in [2.24, 2.45) is 0 Å². The summed E-state index contributed by atoms with van der Waals surface area (Å²) in [7, 11) is 0. The van der Waals surface area contributed by atoms with Crippen LogP contribution in [0, 0.1) is 19.7 Å². The molecular weight excluding hydrogens is 359 g/mol. The monoisotopic (exact) mass is 382 g/mol. The van der Waals surface area contributed by atoms with E-state index in [-0.39, 0.29) is 11.6 Å². The standard InChI is InChI=1S/C21H23FN4O2/c1-4-5-12-28-18-10-11-19(14(2)13-18)24-21(27)20-23-15(3)26(25-20)17-8-6-16(22)7-9-17/h6-11,13H,4-5,12H2,1-3H3,(H,24,27). The number of nitrogens with zero attached hydrogens (tertiary/aromatic N) is 3. The lowest BCUT2D eigenvalue weighted by atomic mass is 10.2. The van der Waals surface area contributed by atoms with Crippen molar-refractivity contribution in [1.82, 2.24) is 14.8 Å². The van der Waals surface area contributed by atoms with Gasteiger partial charge in [-0.15, -0.1) is 5.10 Å². The summed E-state index contributed by atoms with van der Waals surface area (Å²) in [5.74, 6) is 0.611. The first-order valence-corrected chi connectivity index (χ1v) is 9.22. The maximum absolute atomic E-state index is 13.1. The molecule has 0 aliphatic heterocycles. The molecule has 0 spiro atoms. The number of halogens is 1.